The van der Waals surface area contributed by atoms with Gasteiger partial charge >= 0.3 is 0 Å². The molecule has 0 saturated heterocycles. The van der Waals surface area contributed by atoms with Gasteiger partial charge < -0.3 is 9.80 Å². The summed E-state index contributed by atoms with van der Waals surface area (Å²) in [5.41, 5.74) is 34.7. The van der Waals surface area contributed by atoms with E-state index in [9.17, 15) is 0 Å². The van der Waals surface area contributed by atoms with E-state index < -0.39 is 0 Å². The van der Waals surface area contributed by atoms with Gasteiger partial charge in [-0.15, -0.1) is 0 Å². The standard InChI is InChI=1S/C112H116N2/c1-111(2)105-59-49-86(78-34-30-75(31-35-78)73-16-8-5-9-17-73)65-104(105)97-58-55-94(69-108(97)111)114(92-52-46-83(47-53-92)99-63-72-27-29-90(99)61-72)110-25-15-23-88-66-100(101(70-103(88)110)80-20-12-7-13-21-80)84-40-38-77(39-41-84)76-32-36-79(37-33-76)87-48-56-95-96-57-54-93(68-107(96)112(3,4)106(95)67-87)113(91-50-44-82(45-51-91)98-62-71-26-28-89(98)60-71)109-24-14-22-81-42-43-85(64-102(81)109)74-18-10-6-11-19-74/h14-15,22-25,30-37,42-59,64-74,77,80,84,89-90,98-99H,5-13,16-21,26-29,38-41,60-63H2,1-4H3. The fraction of sp³-hybridized carbons (Fsp3) is 0.393. The van der Waals surface area contributed by atoms with E-state index in [0.29, 0.717) is 41.4 Å². The minimum Gasteiger partial charge on any atom is -0.310 e. The molecule has 10 aliphatic rings. The molecule has 0 aromatic heterocycles. The first-order valence-electron chi connectivity index (χ1n) is 45.6. The van der Waals surface area contributed by atoms with Gasteiger partial charge in [0.1, 0.15) is 0 Å². The van der Waals surface area contributed by atoms with E-state index in [-0.39, 0.29) is 10.8 Å². The monoisotopic (exact) mass is 1490 g/mol. The van der Waals surface area contributed by atoms with Crippen molar-refractivity contribution in [2.24, 2.45) is 23.7 Å². The zero-order valence-corrected chi connectivity index (χ0v) is 68.4. The minimum atomic E-state index is -0.187. The summed E-state index contributed by atoms with van der Waals surface area (Å²) in [6.45, 7) is 9.90. The number of benzene rings is 12. The van der Waals surface area contributed by atoms with Crippen LogP contribution in [-0.4, -0.2) is 0 Å². The molecule has 0 amide bonds. The smallest absolute Gasteiger partial charge is 0.0540 e. The second-order valence-electron chi connectivity index (χ2n) is 39.2. The molecular weight excluding hydrogens is 1370 g/mol. The molecule has 2 heteroatoms. The topological polar surface area (TPSA) is 6.48 Å². The molecule has 6 unspecified atom stereocenters. The Hall–Kier alpha value is -9.24. The molecule has 574 valence electrons. The van der Waals surface area contributed by atoms with Crippen molar-refractivity contribution in [2.75, 3.05) is 9.80 Å². The summed E-state index contributed by atoms with van der Waals surface area (Å²) in [6.07, 6.45) is 36.3. The Morgan fingerprint density at radius 1 is 0.254 bits per heavy atom. The molecule has 10 aliphatic carbocycles. The Labute approximate surface area is 680 Å². The third kappa shape index (κ3) is 12.5. The van der Waals surface area contributed by atoms with Crippen LogP contribution in [0.4, 0.5) is 34.1 Å². The maximum absolute atomic E-state index is 2.75. The molecule has 0 heterocycles. The summed E-state index contributed by atoms with van der Waals surface area (Å²) in [7, 11) is 0. The molecule has 6 atom stereocenters. The van der Waals surface area contributed by atoms with Crippen LogP contribution >= 0.6 is 0 Å². The quantitative estimate of drug-likeness (QED) is 0.101. The van der Waals surface area contributed by atoms with E-state index in [0.717, 1.165) is 23.7 Å². The van der Waals surface area contributed by atoms with E-state index in [1.165, 1.54) is 312 Å². The number of nitrogens with zero attached hydrogens (tertiary/aromatic N) is 2. The fourth-order valence-electron chi connectivity index (χ4n) is 25.9. The third-order valence-corrected chi connectivity index (χ3v) is 32.2. The molecule has 4 bridgehead atoms. The van der Waals surface area contributed by atoms with Gasteiger partial charge in [0.05, 0.1) is 11.4 Å². The molecule has 2 nitrogen and oxygen atoms in total. The van der Waals surface area contributed by atoms with Crippen molar-refractivity contribution in [3.05, 3.63) is 298 Å². The maximum atomic E-state index is 2.75. The van der Waals surface area contributed by atoms with Gasteiger partial charge in [0, 0.05) is 44.4 Å². The average molecular weight is 1490 g/mol. The van der Waals surface area contributed by atoms with Crippen LogP contribution in [0.1, 0.15) is 304 Å². The van der Waals surface area contributed by atoms with E-state index in [1.807, 2.05) is 0 Å². The van der Waals surface area contributed by atoms with Crippen molar-refractivity contribution >= 4 is 55.7 Å². The highest BCUT2D eigenvalue weighted by Crippen LogP contribution is 2.59. The Balaban J connectivity index is 0.541. The lowest BCUT2D eigenvalue weighted by Gasteiger charge is -2.34. The lowest BCUT2D eigenvalue weighted by Crippen LogP contribution is -2.17. The van der Waals surface area contributed by atoms with Gasteiger partial charge in [-0.05, 0) is 369 Å². The molecule has 0 radical (unpaired) electrons. The van der Waals surface area contributed by atoms with Crippen LogP contribution in [0.3, 0.4) is 0 Å². The van der Waals surface area contributed by atoms with E-state index in [1.54, 1.807) is 22.3 Å². The van der Waals surface area contributed by atoms with Crippen LogP contribution in [0.25, 0.3) is 66.1 Å². The summed E-state index contributed by atoms with van der Waals surface area (Å²) in [4.78, 5) is 5.27. The van der Waals surface area contributed by atoms with Crippen LogP contribution in [0.2, 0.25) is 0 Å². The number of hydrogen-bond acceptors (Lipinski definition) is 2. The SMILES string of the molecule is CC1(C)c2ccc(-c3ccc(C4CCCCC4)cc3)cc2-c2ccc(N(c3ccc(C4CC5CCC4C5)cc3)c3cccc4cc(C5CCC(c6ccc(-c7ccc8c(c7)C(C)(C)c7cc(N(c9ccc(C%10CC%11CCC%10C%11)cc9)c9cccc%10ccc(C%11CCCCC%11)cc9%10)ccc7-8)cc6)CC5)c(C5CCCCC5)cc34)cc21. The van der Waals surface area contributed by atoms with Gasteiger partial charge in [0.25, 0.3) is 0 Å². The Morgan fingerprint density at radius 2 is 0.658 bits per heavy atom. The van der Waals surface area contributed by atoms with Crippen LogP contribution < -0.4 is 9.80 Å². The van der Waals surface area contributed by atoms with Crippen LogP contribution in [-0.2, 0) is 10.8 Å². The second-order valence-corrected chi connectivity index (χ2v) is 39.2. The fourth-order valence-corrected chi connectivity index (χ4v) is 25.9. The highest BCUT2D eigenvalue weighted by Gasteiger charge is 2.44. The molecule has 0 aliphatic heterocycles. The lowest BCUT2D eigenvalue weighted by atomic mass is 9.72. The molecule has 0 N–H and O–H groups in total. The molecule has 12 aromatic rings. The molecule has 12 aromatic carbocycles. The van der Waals surface area contributed by atoms with Crippen molar-refractivity contribution in [3.63, 3.8) is 0 Å². The maximum Gasteiger partial charge on any atom is 0.0540 e. The third-order valence-electron chi connectivity index (χ3n) is 32.2. The highest BCUT2D eigenvalue weighted by atomic mass is 15.2. The summed E-state index contributed by atoms with van der Waals surface area (Å²) in [5, 5.41) is 5.45. The predicted molar refractivity (Wildman–Crippen MR) is 481 cm³/mol. The molecular formula is C112H116N2. The molecule has 8 saturated carbocycles. The number of fused-ring (bicyclic) bond motifs is 12. The summed E-state index contributed by atoms with van der Waals surface area (Å²) in [5.74, 6) is 8.05. The highest BCUT2D eigenvalue weighted by molar-refractivity contribution is 6.02. The largest absolute Gasteiger partial charge is 0.310 e. The first-order valence-corrected chi connectivity index (χ1v) is 45.6. The van der Waals surface area contributed by atoms with E-state index in [4.69, 9.17) is 0 Å². The molecule has 0 spiro atoms. The zero-order chi connectivity index (χ0) is 75.9. The van der Waals surface area contributed by atoms with E-state index >= 15 is 0 Å². The Morgan fingerprint density at radius 3 is 1.19 bits per heavy atom. The van der Waals surface area contributed by atoms with Gasteiger partial charge in [-0.2, -0.15) is 0 Å². The Bertz CT molecular complexity index is 5630. The van der Waals surface area contributed by atoms with Crippen LogP contribution in [0, 0.1) is 23.7 Å². The van der Waals surface area contributed by atoms with Gasteiger partial charge in [-0.25, -0.2) is 0 Å². The van der Waals surface area contributed by atoms with Crippen molar-refractivity contribution in [2.45, 2.75) is 253 Å². The summed E-state index contributed by atoms with van der Waals surface area (Å²) < 4.78 is 0. The number of hydrogen-bond donors (Lipinski definition) is 0. The average Bonchev–Trinajstić information content (AvgIpc) is 1.53. The summed E-state index contributed by atoms with van der Waals surface area (Å²) in [6, 6.07) is 96.4. The molecule has 114 heavy (non-hydrogen) atoms. The molecule has 8 fully saturated rings. The first-order chi connectivity index (χ1) is 55.9. The van der Waals surface area contributed by atoms with Gasteiger partial charge in [0.2, 0.25) is 0 Å². The van der Waals surface area contributed by atoms with Gasteiger partial charge in [-0.3, -0.25) is 0 Å². The normalized spacial score (nSPS) is 24.1. The molecule has 22 rings (SSSR count). The first kappa shape index (κ1) is 71.3. The van der Waals surface area contributed by atoms with Crippen molar-refractivity contribution in [1.82, 2.24) is 0 Å². The number of rotatable bonds is 15. The Kier molecular flexibility index (Phi) is 18.1. The van der Waals surface area contributed by atoms with Crippen molar-refractivity contribution in [1.29, 1.82) is 0 Å². The van der Waals surface area contributed by atoms with Gasteiger partial charge in [0.15, 0.2) is 0 Å². The number of anilines is 6. The van der Waals surface area contributed by atoms with Crippen LogP contribution in [0.15, 0.2) is 237 Å². The van der Waals surface area contributed by atoms with Crippen molar-refractivity contribution < 1.29 is 0 Å². The van der Waals surface area contributed by atoms with E-state index in [2.05, 4.69) is 274 Å². The van der Waals surface area contributed by atoms with Crippen LogP contribution in [0.5, 0.6) is 0 Å². The predicted octanol–water partition coefficient (Wildman–Crippen LogP) is 32.3. The lowest BCUT2D eigenvalue weighted by molar-refractivity contribution is 0.388. The minimum absolute atomic E-state index is 0.154. The second kappa shape index (κ2) is 28.9. The van der Waals surface area contributed by atoms with Gasteiger partial charge in [-0.1, -0.05) is 250 Å². The van der Waals surface area contributed by atoms with Crippen molar-refractivity contribution in [3.8, 4) is 44.5 Å². The zero-order valence-electron chi connectivity index (χ0n) is 68.4. The summed E-state index contributed by atoms with van der Waals surface area (Å²) >= 11 is 0.